The van der Waals surface area contributed by atoms with E-state index in [9.17, 15) is 10.0 Å². The number of hydrogen-bond acceptors (Lipinski definition) is 3. The van der Waals surface area contributed by atoms with Crippen LogP contribution in [0.2, 0.25) is 15.1 Å². The molecule has 6 aromatic carbocycles. The van der Waals surface area contributed by atoms with Gasteiger partial charge in [-0.15, -0.1) is 0 Å². The fourth-order valence-corrected chi connectivity index (χ4v) is 13.1. The molecule has 490 valence electrons. The number of benzene rings is 6. The highest BCUT2D eigenvalue weighted by atomic mass is 35.5. The van der Waals surface area contributed by atoms with Gasteiger partial charge in [-0.1, -0.05) is 330 Å². The Bertz CT molecular complexity index is 2620. The van der Waals surface area contributed by atoms with E-state index in [4.69, 9.17) is 39.5 Å². The Balaban J connectivity index is 0.000000293. The van der Waals surface area contributed by atoms with Gasteiger partial charge >= 0.3 is 0 Å². The molecule has 0 saturated carbocycles. The van der Waals surface area contributed by atoms with Crippen molar-refractivity contribution in [3.05, 3.63) is 211 Å². The maximum Gasteiger partial charge on any atom is 0.104 e. The third kappa shape index (κ3) is 31.5. The Kier molecular flexibility index (Phi) is 38.8. The minimum Gasteiger partial charge on any atom is -0.871 e. The normalized spacial score (nSPS) is 12.1. The van der Waals surface area contributed by atoms with E-state index < -0.39 is 18.8 Å². The van der Waals surface area contributed by atoms with Crippen LogP contribution in [0.15, 0.2) is 146 Å². The van der Waals surface area contributed by atoms with Gasteiger partial charge in [0.05, 0.1) is 54.7 Å². The molecule has 0 bridgehead atoms. The van der Waals surface area contributed by atoms with Gasteiger partial charge in [0.25, 0.3) is 0 Å². The lowest BCUT2D eigenvalue weighted by molar-refractivity contribution is -0.903. The van der Waals surface area contributed by atoms with E-state index in [1.807, 2.05) is 99.6 Å². The number of nitrogens with zero attached hydrogens (tertiary/aromatic N) is 2. The summed E-state index contributed by atoms with van der Waals surface area (Å²) in [4.78, 5) is 0. The van der Waals surface area contributed by atoms with E-state index in [0.717, 1.165) is 55.4 Å². The van der Waals surface area contributed by atoms with Gasteiger partial charge in [0.1, 0.15) is 13.1 Å². The molecular formula is C80H118BCl3N2O3. The number of aryl methyl sites for hydroxylation is 3. The van der Waals surface area contributed by atoms with Crippen LogP contribution in [0.4, 0.5) is 0 Å². The molecule has 6 rings (SSSR count). The van der Waals surface area contributed by atoms with Gasteiger partial charge < -0.3 is 23.7 Å². The van der Waals surface area contributed by atoms with Gasteiger partial charge in [-0.25, -0.2) is 0 Å². The lowest BCUT2D eigenvalue weighted by atomic mass is 9.65. The molecule has 0 heterocycles. The molecule has 0 aromatic heterocycles. The van der Waals surface area contributed by atoms with Gasteiger partial charge in [-0.05, 0) is 110 Å². The first-order valence-corrected chi connectivity index (χ1v) is 36.1. The van der Waals surface area contributed by atoms with E-state index in [0.29, 0.717) is 20.6 Å². The zero-order valence-electron chi connectivity index (χ0n) is 57.1. The molecule has 0 aliphatic rings. The summed E-state index contributed by atoms with van der Waals surface area (Å²) in [6.07, 6.45) is 39.7. The molecule has 0 N–H and O–H groups in total. The van der Waals surface area contributed by atoms with Crippen molar-refractivity contribution >= 4 is 42.1 Å². The second kappa shape index (κ2) is 44.6. The number of hydrogen-bond donors (Lipinski definition) is 0. The van der Waals surface area contributed by atoms with Crippen LogP contribution in [0.3, 0.4) is 0 Å². The van der Waals surface area contributed by atoms with Gasteiger partial charge in [-0.2, -0.15) is 0 Å². The third-order valence-electron chi connectivity index (χ3n) is 18.1. The smallest absolute Gasteiger partial charge is 0.104 e. The summed E-state index contributed by atoms with van der Waals surface area (Å²) in [5.74, 6) is 0. The number of quaternary nitrogens is 2. The van der Waals surface area contributed by atoms with Gasteiger partial charge in [0.15, 0.2) is 0 Å². The van der Waals surface area contributed by atoms with Crippen molar-refractivity contribution in [1.82, 2.24) is 0 Å². The average molecular weight is 1270 g/mol. The Labute approximate surface area is 559 Å². The van der Waals surface area contributed by atoms with Crippen LogP contribution in [0.1, 0.15) is 256 Å². The highest BCUT2D eigenvalue weighted by molar-refractivity contribution is 6.32. The first-order valence-electron chi connectivity index (χ1n) is 34.9. The predicted octanol–water partition coefficient (Wildman–Crippen LogP) is 22.2. The summed E-state index contributed by atoms with van der Waals surface area (Å²) in [7, 11) is 7.00. The van der Waals surface area contributed by atoms with Crippen LogP contribution in [-0.4, -0.2) is 57.6 Å². The van der Waals surface area contributed by atoms with Crippen molar-refractivity contribution in [2.45, 2.75) is 245 Å². The van der Waals surface area contributed by atoms with Gasteiger partial charge in [-0.3, -0.25) is 0 Å². The molecule has 0 fully saturated rings. The molecule has 0 aliphatic heterocycles. The minimum absolute atomic E-state index is 0.232. The lowest BCUT2D eigenvalue weighted by Crippen LogP contribution is -2.49. The van der Waals surface area contributed by atoms with E-state index in [-0.39, 0.29) is 6.42 Å². The predicted molar refractivity (Wildman–Crippen MR) is 384 cm³/mol. The van der Waals surface area contributed by atoms with Crippen molar-refractivity contribution in [3.63, 3.8) is 0 Å². The van der Waals surface area contributed by atoms with Gasteiger partial charge in [0.2, 0.25) is 0 Å². The summed E-state index contributed by atoms with van der Waals surface area (Å²) in [6, 6.07) is 49.0. The Morgan fingerprint density at radius 1 is 0.382 bits per heavy atom. The monoisotopic (exact) mass is 1270 g/mol. The number of halogens is 3. The zero-order chi connectivity index (χ0) is 64.6. The highest BCUT2D eigenvalue weighted by Crippen LogP contribution is 2.48. The highest BCUT2D eigenvalue weighted by Gasteiger charge is 2.40. The molecule has 0 saturated heterocycles. The van der Waals surface area contributed by atoms with Crippen molar-refractivity contribution in [1.29, 1.82) is 0 Å². The Hall–Kier alpha value is -3.95. The topological polar surface area (TPSA) is 55.3 Å². The maximum absolute atomic E-state index is 11.9. The molecule has 9 heteroatoms. The van der Waals surface area contributed by atoms with Crippen LogP contribution >= 0.6 is 34.8 Å². The minimum atomic E-state index is -2.48. The summed E-state index contributed by atoms with van der Waals surface area (Å²) in [5, 5.41) is 25.6. The molecule has 6 aromatic rings. The Morgan fingerprint density at radius 3 is 1.00 bits per heavy atom. The van der Waals surface area contributed by atoms with Crippen molar-refractivity contribution in [2.75, 3.05) is 41.3 Å². The third-order valence-corrected chi connectivity index (χ3v) is 19.3. The largest absolute Gasteiger partial charge is 0.871 e. The van der Waals surface area contributed by atoms with Crippen LogP contribution in [0, 0.1) is 20.8 Å². The van der Waals surface area contributed by atoms with Gasteiger partial charge in [0, 0.05) is 31.6 Å². The second-order valence-corrected chi connectivity index (χ2v) is 28.3. The first-order chi connectivity index (χ1) is 42.9. The molecule has 0 aliphatic carbocycles. The number of unbranched alkanes of at least 4 members (excludes halogenated alkanes) is 26. The van der Waals surface area contributed by atoms with Crippen LogP contribution in [0.25, 0.3) is 0 Å². The Morgan fingerprint density at radius 2 is 0.685 bits per heavy atom. The van der Waals surface area contributed by atoms with E-state index in [1.54, 1.807) is 6.07 Å². The fraction of sp³-hybridized carbons (Fsp3) is 0.550. The first kappa shape index (κ1) is 77.5. The summed E-state index contributed by atoms with van der Waals surface area (Å²) < 4.78 is 7.75. The molecule has 1 unspecified atom stereocenters. The van der Waals surface area contributed by atoms with Crippen LogP contribution in [0.5, 0.6) is 0 Å². The fourth-order valence-electron chi connectivity index (χ4n) is 12.5. The maximum atomic E-state index is 11.9. The lowest BCUT2D eigenvalue weighted by Gasteiger charge is -2.42. The summed E-state index contributed by atoms with van der Waals surface area (Å²) >= 11 is 19.8. The van der Waals surface area contributed by atoms with Crippen LogP contribution in [-0.2, 0) is 23.2 Å². The van der Waals surface area contributed by atoms with Crippen molar-refractivity contribution in [3.8, 4) is 0 Å². The van der Waals surface area contributed by atoms with Crippen LogP contribution < -0.4 is 10.0 Å². The molecule has 0 radical (unpaired) electrons. The van der Waals surface area contributed by atoms with Crippen molar-refractivity contribution in [2.24, 2.45) is 0 Å². The zero-order valence-corrected chi connectivity index (χ0v) is 59.4. The van der Waals surface area contributed by atoms with E-state index in [2.05, 4.69) is 103 Å². The summed E-state index contributed by atoms with van der Waals surface area (Å²) in [6.45, 7) is 15.3. The van der Waals surface area contributed by atoms with E-state index >= 15 is 0 Å². The molecular weight excluding hydrogens is 1150 g/mol. The second-order valence-electron chi connectivity index (χ2n) is 27.1. The molecule has 1 atom stereocenters. The SMILES string of the molecule is CCCCCCCCCCCCCCCC[N+](C)(C)Cc1ccccc1.CCCCCCCCCCCCCCCC[N+](C)(C)Cc1ccccc1.Cc1ccc(C(CC(c2ccccc2)(c2ccc(C)c(Cl)c2)c2ccc(C)c(Cl)c2)OB([O-])[O-])cc1Cl. The van der Waals surface area contributed by atoms with Crippen molar-refractivity contribution < 1.29 is 23.7 Å². The molecule has 0 amide bonds. The van der Waals surface area contributed by atoms with E-state index in [1.165, 1.54) is 204 Å². The summed E-state index contributed by atoms with van der Waals surface area (Å²) in [5.41, 5.74) is 8.16. The molecule has 5 nitrogen and oxygen atoms in total. The average Bonchev–Trinajstić information content (AvgIpc) is 0.865. The number of rotatable bonds is 42. The quantitative estimate of drug-likeness (QED) is 0.0166. The molecule has 89 heavy (non-hydrogen) atoms. The standard InChI is InChI=1S/C30H26BCl3O3.2C25H46N/c1-19-9-12-22(15-26(19)32)29(37-31(35)36)18-30(23-7-5-4-6-8-23,24-13-10-20(2)27(33)16-24)25-14-11-21(3)28(34)17-25;2*1-4-5-6-7-8-9-10-11-12-13-14-15-16-20-23-26(2,3)24-25-21-18-17-19-22-25/h4-17,29H,18H2,1-3H3;2*17-19,21-22H,4-16,20,23-24H2,1-3H3/q-2;2*+1. The molecule has 0 spiro atoms.